The topological polar surface area (TPSA) is 68.0 Å². The van der Waals surface area contributed by atoms with Gasteiger partial charge in [0, 0.05) is 18.5 Å². The van der Waals surface area contributed by atoms with E-state index in [-0.39, 0.29) is 5.91 Å². The Morgan fingerprint density at radius 3 is 2.89 bits per heavy atom. The molecule has 1 heterocycles. The molecule has 1 aromatic heterocycles. The van der Waals surface area contributed by atoms with Crippen molar-refractivity contribution in [1.29, 1.82) is 0 Å². The van der Waals surface area contributed by atoms with Crippen molar-refractivity contribution in [3.05, 3.63) is 16.1 Å². The number of rotatable bonds is 7. The minimum Gasteiger partial charge on any atom is -0.351 e. The van der Waals surface area contributed by atoms with Crippen LogP contribution in [-0.4, -0.2) is 17.4 Å². The molecular formula is C14H23N3OS. The number of carbonyl (C=O) groups is 1. The van der Waals surface area contributed by atoms with E-state index in [4.69, 9.17) is 5.73 Å². The van der Waals surface area contributed by atoms with Gasteiger partial charge in [-0.15, -0.1) is 11.3 Å². The van der Waals surface area contributed by atoms with Crippen molar-refractivity contribution in [2.45, 2.75) is 51.5 Å². The Morgan fingerprint density at radius 1 is 1.42 bits per heavy atom. The van der Waals surface area contributed by atoms with Crippen LogP contribution in [0.5, 0.6) is 0 Å². The van der Waals surface area contributed by atoms with E-state index in [0.29, 0.717) is 12.2 Å². The van der Waals surface area contributed by atoms with Crippen LogP contribution >= 0.6 is 11.3 Å². The maximum absolute atomic E-state index is 11.8. The highest BCUT2D eigenvalue weighted by molar-refractivity contribution is 7.09. The third-order valence-corrected chi connectivity index (χ3v) is 4.63. The van der Waals surface area contributed by atoms with Crippen molar-refractivity contribution in [1.82, 2.24) is 10.3 Å². The molecular weight excluding hydrogens is 258 g/mol. The van der Waals surface area contributed by atoms with Gasteiger partial charge in [-0.25, -0.2) is 4.98 Å². The Hall–Kier alpha value is -0.940. The number of carbonyl (C=O) groups excluding carboxylic acids is 1. The van der Waals surface area contributed by atoms with E-state index in [1.54, 1.807) is 5.38 Å². The first-order chi connectivity index (χ1) is 9.29. The van der Waals surface area contributed by atoms with E-state index in [0.717, 1.165) is 23.9 Å². The van der Waals surface area contributed by atoms with E-state index in [1.165, 1.54) is 49.9 Å². The molecule has 0 aromatic carbocycles. The van der Waals surface area contributed by atoms with Crippen LogP contribution in [0.15, 0.2) is 5.38 Å². The number of aromatic nitrogens is 1. The van der Waals surface area contributed by atoms with E-state index < -0.39 is 0 Å². The molecule has 0 unspecified atom stereocenters. The number of thiazole rings is 1. The Morgan fingerprint density at radius 2 is 2.21 bits per heavy atom. The molecule has 1 aliphatic carbocycles. The molecule has 19 heavy (non-hydrogen) atoms. The molecule has 0 bridgehead atoms. The lowest BCUT2D eigenvalue weighted by Crippen LogP contribution is -2.24. The van der Waals surface area contributed by atoms with Crippen LogP contribution in [0.4, 0.5) is 0 Å². The molecule has 0 spiro atoms. The van der Waals surface area contributed by atoms with Gasteiger partial charge in [-0.1, -0.05) is 38.5 Å². The summed E-state index contributed by atoms with van der Waals surface area (Å²) in [6.45, 7) is 1.15. The normalized spacial score (nSPS) is 15.8. The Labute approximate surface area is 118 Å². The van der Waals surface area contributed by atoms with Gasteiger partial charge in [0.05, 0.1) is 0 Å². The molecule has 1 fully saturated rings. The lowest BCUT2D eigenvalue weighted by Gasteiger charge is -2.08. The smallest absolute Gasteiger partial charge is 0.270 e. The van der Waals surface area contributed by atoms with Crippen LogP contribution in [0, 0.1) is 5.92 Å². The van der Waals surface area contributed by atoms with Gasteiger partial charge in [0.1, 0.15) is 10.7 Å². The molecule has 1 saturated carbocycles. The van der Waals surface area contributed by atoms with E-state index in [1.807, 2.05) is 0 Å². The van der Waals surface area contributed by atoms with Crippen molar-refractivity contribution in [2.24, 2.45) is 11.7 Å². The van der Waals surface area contributed by atoms with Crippen LogP contribution in [0.25, 0.3) is 0 Å². The first kappa shape index (κ1) is 14.5. The van der Waals surface area contributed by atoms with Crippen molar-refractivity contribution in [3.8, 4) is 0 Å². The SMILES string of the molecule is NCc1nc(C(=O)NCCCCC2CCCC2)cs1. The molecule has 0 radical (unpaired) electrons. The van der Waals surface area contributed by atoms with Crippen LogP contribution in [-0.2, 0) is 6.54 Å². The molecule has 1 aliphatic rings. The van der Waals surface area contributed by atoms with Gasteiger partial charge in [-0.3, -0.25) is 4.79 Å². The predicted molar refractivity (Wildman–Crippen MR) is 78.1 cm³/mol. The summed E-state index contributed by atoms with van der Waals surface area (Å²) in [5.41, 5.74) is 5.98. The second-order valence-corrected chi connectivity index (χ2v) is 6.18. The van der Waals surface area contributed by atoms with E-state index >= 15 is 0 Å². The molecule has 0 saturated heterocycles. The number of nitrogens with one attached hydrogen (secondary N) is 1. The van der Waals surface area contributed by atoms with Crippen molar-refractivity contribution < 1.29 is 4.79 Å². The summed E-state index contributed by atoms with van der Waals surface area (Å²) in [4.78, 5) is 16.0. The lowest BCUT2D eigenvalue weighted by molar-refractivity contribution is 0.0948. The number of nitrogens with zero attached hydrogens (tertiary/aromatic N) is 1. The quantitative estimate of drug-likeness (QED) is 0.755. The third-order valence-electron chi connectivity index (χ3n) is 3.76. The zero-order valence-corrected chi connectivity index (χ0v) is 12.2. The van der Waals surface area contributed by atoms with Gasteiger partial charge >= 0.3 is 0 Å². The predicted octanol–water partition coefficient (Wildman–Crippen LogP) is 2.69. The molecule has 0 aliphatic heterocycles. The number of hydrogen-bond acceptors (Lipinski definition) is 4. The summed E-state index contributed by atoms with van der Waals surface area (Å²) in [6, 6.07) is 0. The maximum atomic E-state index is 11.8. The molecule has 1 amide bonds. The first-order valence-corrected chi connectivity index (χ1v) is 8.10. The minimum absolute atomic E-state index is 0.0724. The molecule has 0 atom stereocenters. The van der Waals surface area contributed by atoms with Crippen LogP contribution in [0.1, 0.15) is 60.4 Å². The Balaban J connectivity index is 1.58. The fourth-order valence-corrected chi connectivity index (χ4v) is 3.31. The number of amides is 1. The first-order valence-electron chi connectivity index (χ1n) is 7.22. The van der Waals surface area contributed by atoms with Crippen LogP contribution < -0.4 is 11.1 Å². The Kier molecular flexibility index (Phi) is 5.79. The zero-order valence-electron chi connectivity index (χ0n) is 11.4. The number of hydrogen-bond donors (Lipinski definition) is 2. The molecule has 2 rings (SSSR count). The largest absolute Gasteiger partial charge is 0.351 e. The lowest BCUT2D eigenvalue weighted by atomic mass is 10.0. The van der Waals surface area contributed by atoms with Crippen molar-refractivity contribution >= 4 is 17.2 Å². The van der Waals surface area contributed by atoms with Crippen molar-refractivity contribution in [3.63, 3.8) is 0 Å². The molecule has 5 heteroatoms. The zero-order chi connectivity index (χ0) is 13.5. The summed E-state index contributed by atoms with van der Waals surface area (Å²) in [7, 11) is 0. The average Bonchev–Trinajstić information content (AvgIpc) is 3.09. The summed E-state index contributed by atoms with van der Waals surface area (Å²) >= 11 is 1.44. The van der Waals surface area contributed by atoms with E-state index in [9.17, 15) is 4.79 Å². The fourth-order valence-electron chi connectivity index (χ4n) is 2.66. The highest BCUT2D eigenvalue weighted by Crippen LogP contribution is 2.28. The maximum Gasteiger partial charge on any atom is 0.270 e. The van der Waals surface area contributed by atoms with Crippen LogP contribution in [0.2, 0.25) is 0 Å². The summed E-state index contributed by atoms with van der Waals surface area (Å²) in [6.07, 6.45) is 9.25. The number of nitrogens with two attached hydrogens (primary N) is 1. The van der Waals surface area contributed by atoms with Gasteiger partial charge in [-0.2, -0.15) is 0 Å². The van der Waals surface area contributed by atoms with Gasteiger partial charge in [0.15, 0.2) is 0 Å². The summed E-state index contributed by atoms with van der Waals surface area (Å²) in [5, 5.41) is 5.51. The summed E-state index contributed by atoms with van der Waals surface area (Å²) in [5.74, 6) is 0.873. The molecule has 106 valence electrons. The van der Waals surface area contributed by atoms with Gasteiger partial charge in [0.25, 0.3) is 5.91 Å². The standard InChI is InChI=1S/C14H23N3OS/c15-9-13-17-12(10-19-13)14(18)16-8-4-3-7-11-5-1-2-6-11/h10-11H,1-9,15H2,(H,16,18). The molecule has 4 nitrogen and oxygen atoms in total. The van der Waals surface area contributed by atoms with Crippen molar-refractivity contribution in [2.75, 3.05) is 6.54 Å². The second-order valence-electron chi connectivity index (χ2n) is 5.23. The highest BCUT2D eigenvalue weighted by atomic mass is 32.1. The van der Waals surface area contributed by atoms with E-state index in [2.05, 4.69) is 10.3 Å². The monoisotopic (exact) mass is 281 g/mol. The Bertz CT molecular complexity index is 399. The molecule has 1 aromatic rings. The third kappa shape index (κ3) is 4.58. The minimum atomic E-state index is -0.0724. The molecule has 3 N–H and O–H groups in total. The van der Waals surface area contributed by atoms with Gasteiger partial charge in [-0.05, 0) is 12.3 Å². The van der Waals surface area contributed by atoms with Crippen LogP contribution in [0.3, 0.4) is 0 Å². The summed E-state index contributed by atoms with van der Waals surface area (Å²) < 4.78 is 0. The van der Waals surface area contributed by atoms with Gasteiger partial charge in [0.2, 0.25) is 0 Å². The fraction of sp³-hybridized carbons (Fsp3) is 0.714. The average molecular weight is 281 g/mol. The number of unbranched alkanes of at least 4 members (excludes halogenated alkanes) is 1. The van der Waals surface area contributed by atoms with Gasteiger partial charge < -0.3 is 11.1 Å². The highest BCUT2D eigenvalue weighted by Gasteiger charge is 2.14. The second kappa shape index (κ2) is 7.60.